The Morgan fingerprint density at radius 2 is 1.38 bits per heavy atom. The molecular formula is C33H32Br2N2O11. The van der Waals surface area contributed by atoms with E-state index in [0.717, 1.165) is 0 Å². The fourth-order valence-corrected chi connectivity index (χ4v) is 6.07. The Morgan fingerprint density at radius 1 is 0.771 bits per heavy atom. The molecule has 48 heavy (non-hydrogen) atoms. The van der Waals surface area contributed by atoms with E-state index in [1.165, 1.54) is 31.3 Å². The topological polar surface area (TPSA) is 178 Å². The molecule has 5 rings (SSSR count). The molecule has 0 aromatic heterocycles. The van der Waals surface area contributed by atoms with Crippen molar-refractivity contribution in [3.05, 3.63) is 92.4 Å². The lowest BCUT2D eigenvalue weighted by atomic mass is 10.1. The molecule has 3 aromatic rings. The van der Waals surface area contributed by atoms with Crippen LogP contribution in [0.2, 0.25) is 0 Å². The van der Waals surface area contributed by atoms with Gasteiger partial charge in [-0.1, -0.05) is 18.2 Å². The summed E-state index contributed by atoms with van der Waals surface area (Å²) in [6.45, 7) is 0.683. The Labute approximate surface area is 292 Å². The largest absolute Gasteiger partial charge is 0.488 e. The van der Waals surface area contributed by atoms with Crippen molar-refractivity contribution >= 4 is 61.6 Å². The van der Waals surface area contributed by atoms with Crippen LogP contribution in [-0.4, -0.2) is 96.5 Å². The van der Waals surface area contributed by atoms with Gasteiger partial charge in [-0.05, 0) is 80.4 Å². The van der Waals surface area contributed by atoms with Crippen molar-refractivity contribution in [2.24, 2.45) is 0 Å². The average Bonchev–Trinajstić information content (AvgIpc) is 3.74. The summed E-state index contributed by atoms with van der Waals surface area (Å²) in [5.74, 6) is -2.11. The summed E-state index contributed by atoms with van der Waals surface area (Å²) >= 11 is 6.63. The molecule has 0 spiro atoms. The van der Waals surface area contributed by atoms with Crippen molar-refractivity contribution in [2.45, 2.75) is 37.1 Å². The first-order valence-electron chi connectivity index (χ1n) is 14.6. The average molecular weight is 792 g/mol. The van der Waals surface area contributed by atoms with Gasteiger partial charge in [0.25, 0.3) is 5.91 Å². The van der Waals surface area contributed by atoms with Crippen molar-refractivity contribution in [2.75, 3.05) is 27.3 Å². The number of halogens is 2. The smallest absolute Gasteiger partial charge is 0.337 e. The summed E-state index contributed by atoms with van der Waals surface area (Å²) in [6.07, 6.45) is 0.0268. The number of likely N-dealkylation sites (tertiary alicyclic amines) is 1. The van der Waals surface area contributed by atoms with E-state index >= 15 is 0 Å². The fourth-order valence-electron chi connectivity index (χ4n) is 5.12. The summed E-state index contributed by atoms with van der Waals surface area (Å²) in [6, 6.07) is 16.7. The highest BCUT2D eigenvalue weighted by Gasteiger charge is 2.42. The van der Waals surface area contributed by atoms with Crippen molar-refractivity contribution in [3.63, 3.8) is 0 Å². The predicted octanol–water partition coefficient (Wildman–Crippen LogP) is 4.41. The van der Waals surface area contributed by atoms with Crippen LogP contribution >= 0.6 is 31.9 Å². The normalized spacial score (nSPS) is 19.8. The maximum absolute atomic E-state index is 12.9. The molecule has 0 radical (unpaired) electrons. The first kappa shape index (κ1) is 36.4. The molecule has 4 atom stereocenters. The number of hydrogen-bond acceptors (Lipinski definition) is 10. The minimum Gasteiger partial charge on any atom is -0.488 e. The maximum Gasteiger partial charge on any atom is 0.337 e. The molecule has 3 aromatic carbocycles. The molecule has 2 aliphatic heterocycles. The molecule has 0 aliphatic carbocycles. The zero-order valence-electron chi connectivity index (χ0n) is 25.8. The second-order valence-electron chi connectivity index (χ2n) is 10.7. The van der Waals surface area contributed by atoms with Gasteiger partial charge < -0.3 is 39.4 Å². The molecule has 1 amide bonds. The molecule has 3 N–H and O–H groups in total. The van der Waals surface area contributed by atoms with E-state index in [4.69, 9.17) is 29.2 Å². The molecule has 15 heteroatoms. The minimum atomic E-state index is -1.01. The molecule has 0 unspecified atom stereocenters. The van der Waals surface area contributed by atoms with Gasteiger partial charge in [0.2, 0.25) is 0 Å². The van der Waals surface area contributed by atoms with E-state index in [0.29, 0.717) is 51.0 Å². The van der Waals surface area contributed by atoms with Gasteiger partial charge in [-0.2, -0.15) is 0 Å². The lowest BCUT2D eigenvalue weighted by Gasteiger charge is -2.22. The number of carboxylic acids is 2. The molecule has 13 nitrogen and oxygen atoms in total. The van der Waals surface area contributed by atoms with Gasteiger partial charge in [-0.15, -0.1) is 0 Å². The van der Waals surface area contributed by atoms with E-state index in [2.05, 4.69) is 37.2 Å². The van der Waals surface area contributed by atoms with Crippen LogP contribution in [-0.2, 0) is 19.1 Å². The number of esters is 2. The van der Waals surface area contributed by atoms with Gasteiger partial charge in [0.15, 0.2) is 0 Å². The number of amides is 1. The SMILES string of the molecule is COC(=O)c1ccc(O[C@H]2C[C@@H](C(=O)OC)N(C(=O)c3ccccc3)C2)c(Br)c1.O=C(O)c1ccc(O[C@@H]2CN[C@H](C(=O)O)C2)c(Br)c1. The predicted molar refractivity (Wildman–Crippen MR) is 177 cm³/mol. The van der Waals surface area contributed by atoms with E-state index in [9.17, 15) is 24.0 Å². The number of benzene rings is 3. The second kappa shape index (κ2) is 16.6. The highest BCUT2D eigenvalue weighted by molar-refractivity contribution is 9.11. The van der Waals surface area contributed by atoms with E-state index in [1.807, 2.05) is 6.07 Å². The highest BCUT2D eigenvalue weighted by atomic mass is 79.9. The zero-order valence-corrected chi connectivity index (χ0v) is 28.9. The molecular weight excluding hydrogens is 760 g/mol. The maximum atomic E-state index is 12.9. The summed E-state index contributed by atoms with van der Waals surface area (Å²) in [4.78, 5) is 59.8. The molecule has 2 aliphatic rings. The van der Waals surface area contributed by atoms with Crippen LogP contribution in [0.5, 0.6) is 11.5 Å². The number of carboxylic acid groups (broad SMARTS) is 2. The van der Waals surface area contributed by atoms with Crippen LogP contribution in [0, 0.1) is 0 Å². The van der Waals surface area contributed by atoms with Gasteiger partial charge in [-0.25, -0.2) is 14.4 Å². The Kier molecular flexibility index (Phi) is 12.6. The Balaban J connectivity index is 0.000000237. The monoisotopic (exact) mass is 790 g/mol. The van der Waals surface area contributed by atoms with Crippen LogP contribution in [0.25, 0.3) is 0 Å². The number of nitrogens with zero attached hydrogens (tertiary/aromatic N) is 1. The summed E-state index contributed by atoms with van der Waals surface area (Å²) in [5, 5.41) is 20.5. The summed E-state index contributed by atoms with van der Waals surface area (Å²) in [5.41, 5.74) is 1.03. The minimum absolute atomic E-state index is 0.159. The number of aliphatic carboxylic acids is 1. The number of hydrogen-bond donors (Lipinski definition) is 3. The number of carbonyl (C=O) groups excluding carboxylic acids is 3. The van der Waals surface area contributed by atoms with Crippen LogP contribution in [0.15, 0.2) is 75.7 Å². The lowest BCUT2D eigenvalue weighted by Crippen LogP contribution is -2.41. The number of rotatable bonds is 9. The standard InChI is InChI=1S/C21H20BrNO6.C12H12BrNO5/c1-27-20(25)14-8-9-18(16(22)10-14)29-15-11-17(21(26)28-2)23(12-15)19(24)13-6-4-3-5-7-13;13-8-3-6(11(15)16)1-2-10(8)19-7-4-9(12(17)18)14-5-7/h3-10,15,17H,11-12H2,1-2H3;1-3,7,9,14H,4-5H2,(H,15,16)(H,17,18)/t15-,17-;7-,9-/m00/s1. The third kappa shape index (κ3) is 9.11. The zero-order chi connectivity index (χ0) is 35.0. The fraction of sp³-hybridized carbons (Fsp3) is 0.303. The first-order valence-corrected chi connectivity index (χ1v) is 16.1. The number of nitrogens with one attached hydrogen (secondary N) is 1. The quantitative estimate of drug-likeness (QED) is 0.261. The van der Waals surface area contributed by atoms with Gasteiger partial charge >= 0.3 is 23.9 Å². The highest BCUT2D eigenvalue weighted by Crippen LogP contribution is 2.32. The van der Waals surface area contributed by atoms with Crippen LogP contribution < -0.4 is 14.8 Å². The van der Waals surface area contributed by atoms with Crippen LogP contribution in [0.4, 0.5) is 0 Å². The molecule has 2 fully saturated rings. The first-order chi connectivity index (χ1) is 22.9. The van der Waals surface area contributed by atoms with Crippen LogP contribution in [0.1, 0.15) is 43.9 Å². The Morgan fingerprint density at radius 3 is 1.92 bits per heavy atom. The Bertz CT molecular complexity index is 1670. The van der Waals surface area contributed by atoms with E-state index in [1.54, 1.807) is 48.5 Å². The molecule has 254 valence electrons. The van der Waals surface area contributed by atoms with Gasteiger partial charge in [0.1, 0.15) is 35.8 Å². The van der Waals surface area contributed by atoms with Crippen molar-refractivity contribution in [1.82, 2.24) is 10.2 Å². The van der Waals surface area contributed by atoms with Crippen molar-refractivity contribution in [1.29, 1.82) is 0 Å². The summed E-state index contributed by atoms with van der Waals surface area (Å²) < 4.78 is 22.4. The van der Waals surface area contributed by atoms with Crippen molar-refractivity contribution in [3.8, 4) is 11.5 Å². The van der Waals surface area contributed by atoms with Crippen LogP contribution in [0.3, 0.4) is 0 Å². The van der Waals surface area contributed by atoms with E-state index < -0.39 is 42.1 Å². The molecule has 0 bridgehead atoms. The molecule has 2 saturated heterocycles. The second-order valence-corrected chi connectivity index (χ2v) is 12.4. The molecule has 0 saturated carbocycles. The third-order valence-electron chi connectivity index (χ3n) is 7.53. The number of carbonyl (C=O) groups is 5. The molecule has 2 heterocycles. The van der Waals surface area contributed by atoms with Gasteiger partial charge in [0, 0.05) is 24.9 Å². The van der Waals surface area contributed by atoms with E-state index in [-0.39, 0.29) is 24.1 Å². The number of aromatic carboxylic acids is 1. The Hall–Kier alpha value is -4.47. The van der Waals surface area contributed by atoms with Gasteiger partial charge in [0.05, 0.1) is 40.8 Å². The third-order valence-corrected chi connectivity index (χ3v) is 8.76. The van der Waals surface area contributed by atoms with Crippen molar-refractivity contribution < 1.29 is 53.1 Å². The lowest BCUT2D eigenvalue weighted by molar-refractivity contribution is -0.145. The summed E-state index contributed by atoms with van der Waals surface area (Å²) in [7, 11) is 2.61. The number of ether oxygens (including phenoxy) is 4. The van der Waals surface area contributed by atoms with Gasteiger partial charge in [-0.3, -0.25) is 9.59 Å². The number of methoxy groups -OCH3 is 2.